The number of halogens is 1. The first-order valence-electron chi connectivity index (χ1n) is 9.33. The first-order valence-corrected chi connectivity index (χ1v) is 11.0. The van der Waals surface area contributed by atoms with Crippen LogP contribution in [0.25, 0.3) is 23.3 Å². The summed E-state index contributed by atoms with van der Waals surface area (Å²) >= 11 is 4.79. The van der Waals surface area contributed by atoms with Crippen molar-refractivity contribution in [1.82, 2.24) is 4.98 Å². The number of hydrogen-bond acceptors (Lipinski definition) is 6. The minimum absolute atomic E-state index is 0.00946. The lowest BCUT2D eigenvalue weighted by atomic mass is 9.90. The summed E-state index contributed by atoms with van der Waals surface area (Å²) < 4.78 is 5.97. The molecule has 5 nitrogen and oxygen atoms in total. The molecule has 4 rings (SSSR count). The van der Waals surface area contributed by atoms with Crippen molar-refractivity contribution in [2.75, 3.05) is 0 Å². The molecule has 0 N–H and O–H groups in total. The number of hydrogen-bond donors (Lipinski definition) is 0. The summed E-state index contributed by atoms with van der Waals surface area (Å²) in [6.45, 7) is 1.34. The second-order valence-electron chi connectivity index (χ2n) is 6.87. The van der Waals surface area contributed by atoms with E-state index in [0.717, 1.165) is 21.2 Å². The Morgan fingerprint density at radius 2 is 2.03 bits per heavy atom. The molecule has 152 valence electrons. The van der Waals surface area contributed by atoms with Crippen LogP contribution in [0, 0.1) is 11.3 Å². The zero-order valence-electron chi connectivity index (χ0n) is 16.4. The standard InChI is InChI=1S/C24H15BrN2O3S/c1-14(28)30-20-6-2-15(3-7-20)8-18(12-26)24-27-22(13-31-24)21-10-17-9-19(25)5-4-16(17)11-23(21)29/h2-10,13H,11H2,1H3. The van der Waals surface area contributed by atoms with Crippen LogP contribution in [0.3, 0.4) is 0 Å². The van der Waals surface area contributed by atoms with E-state index in [1.165, 1.54) is 18.3 Å². The number of allylic oxidation sites excluding steroid dienone is 2. The molecule has 1 heterocycles. The first-order chi connectivity index (χ1) is 14.9. The number of esters is 1. The maximum atomic E-state index is 12.7. The van der Waals surface area contributed by atoms with Gasteiger partial charge in [-0.2, -0.15) is 5.26 Å². The average molecular weight is 491 g/mol. The topological polar surface area (TPSA) is 80.1 Å². The molecule has 0 saturated carbocycles. The van der Waals surface area contributed by atoms with Crippen molar-refractivity contribution in [3.05, 3.63) is 79.7 Å². The molecule has 0 aliphatic heterocycles. The number of benzene rings is 2. The van der Waals surface area contributed by atoms with Crippen LogP contribution in [0.4, 0.5) is 0 Å². The smallest absolute Gasteiger partial charge is 0.308 e. The van der Waals surface area contributed by atoms with E-state index in [0.29, 0.717) is 34.0 Å². The highest BCUT2D eigenvalue weighted by Crippen LogP contribution is 2.32. The zero-order valence-corrected chi connectivity index (χ0v) is 18.8. The van der Waals surface area contributed by atoms with Gasteiger partial charge in [-0.25, -0.2) is 4.98 Å². The SMILES string of the molecule is CC(=O)Oc1ccc(C=C(C#N)c2nc(C3=Cc4cc(Br)ccc4CC3=O)cs2)cc1. The van der Waals surface area contributed by atoms with E-state index in [2.05, 4.69) is 27.0 Å². The van der Waals surface area contributed by atoms with Crippen molar-refractivity contribution >= 4 is 62.3 Å². The van der Waals surface area contributed by atoms with Crippen LogP contribution >= 0.6 is 27.3 Å². The zero-order chi connectivity index (χ0) is 22.0. The maximum Gasteiger partial charge on any atom is 0.308 e. The Morgan fingerprint density at radius 1 is 1.26 bits per heavy atom. The Labute approximate surface area is 191 Å². The van der Waals surface area contributed by atoms with Gasteiger partial charge in [-0.05, 0) is 53.1 Å². The number of Topliss-reactive ketones (excluding diaryl/α,β-unsaturated/α-hetero) is 1. The molecule has 0 radical (unpaired) electrons. The molecule has 0 bridgehead atoms. The molecule has 0 fully saturated rings. The number of carbonyl (C=O) groups excluding carboxylic acids is 2. The van der Waals surface area contributed by atoms with Gasteiger partial charge in [0.15, 0.2) is 5.78 Å². The molecule has 0 unspecified atom stereocenters. The monoisotopic (exact) mass is 490 g/mol. The van der Waals surface area contributed by atoms with E-state index in [4.69, 9.17) is 4.74 Å². The summed E-state index contributed by atoms with van der Waals surface area (Å²) in [6.07, 6.45) is 3.90. The number of aromatic nitrogens is 1. The van der Waals surface area contributed by atoms with E-state index >= 15 is 0 Å². The average Bonchev–Trinajstić information content (AvgIpc) is 3.22. The fraction of sp³-hybridized carbons (Fsp3) is 0.0833. The predicted molar refractivity (Wildman–Crippen MR) is 124 cm³/mol. The number of ketones is 1. The number of nitrogens with zero attached hydrogens (tertiary/aromatic N) is 2. The summed E-state index contributed by atoms with van der Waals surface area (Å²) in [7, 11) is 0. The highest BCUT2D eigenvalue weighted by molar-refractivity contribution is 9.10. The van der Waals surface area contributed by atoms with Gasteiger partial charge in [0.25, 0.3) is 0 Å². The number of carbonyl (C=O) groups is 2. The molecule has 1 aliphatic rings. The van der Waals surface area contributed by atoms with Crippen LogP contribution in [0.5, 0.6) is 5.75 Å². The number of thiazole rings is 1. The van der Waals surface area contributed by atoms with Gasteiger partial charge in [-0.1, -0.05) is 34.1 Å². The number of rotatable bonds is 4. The molecule has 1 aromatic heterocycles. The minimum Gasteiger partial charge on any atom is -0.427 e. The lowest BCUT2D eigenvalue weighted by Crippen LogP contribution is -2.11. The summed E-state index contributed by atoms with van der Waals surface area (Å²) in [5.74, 6) is 0.0578. The number of nitriles is 1. The molecule has 1 aliphatic carbocycles. The van der Waals surface area contributed by atoms with E-state index in [1.54, 1.807) is 35.7 Å². The van der Waals surface area contributed by atoms with Crippen molar-refractivity contribution in [1.29, 1.82) is 5.26 Å². The van der Waals surface area contributed by atoms with Crippen LogP contribution in [0.15, 0.2) is 52.3 Å². The van der Waals surface area contributed by atoms with E-state index < -0.39 is 5.97 Å². The fourth-order valence-corrected chi connectivity index (χ4v) is 4.37. The van der Waals surface area contributed by atoms with E-state index in [-0.39, 0.29) is 5.78 Å². The molecular formula is C24H15BrN2O3S. The Morgan fingerprint density at radius 3 is 2.74 bits per heavy atom. The number of ether oxygens (including phenoxy) is 1. The quantitative estimate of drug-likeness (QED) is 0.271. The Hall–Kier alpha value is -3.34. The Balaban J connectivity index is 1.63. The van der Waals surface area contributed by atoms with Crippen molar-refractivity contribution < 1.29 is 14.3 Å². The molecule has 0 atom stereocenters. The highest BCUT2D eigenvalue weighted by Gasteiger charge is 2.22. The van der Waals surface area contributed by atoms with Crippen LogP contribution in [-0.4, -0.2) is 16.7 Å². The van der Waals surface area contributed by atoms with Crippen LogP contribution < -0.4 is 4.74 Å². The molecule has 3 aromatic rings. The third-order valence-corrected chi connectivity index (χ3v) is 6.01. The summed E-state index contributed by atoms with van der Waals surface area (Å²) in [5.41, 5.74) is 4.27. The van der Waals surface area contributed by atoms with Crippen molar-refractivity contribution in [2.45, 2.75) is 13.3 Å². The highest BCUT2D eigenvalue weighted by atomic mass is 79.9. The third-order valence-electron chi connectivity index (χ3n) is 4.64. The van der Waals surface area contributed by atoms with Crippen molar-refractivity contribution in [2.24, 2.45) is 0 Å². The van der Waals surface area contributed by atoms with Gasteiger partial charge >= 0.3 is 5.97 Å². The van der Waals surface area contributed by atoms with Gasteiger partial charge in [0, 0.05) is 28.8 Å². The molecule has 2 aromatic carbocycles. The van der Waals surface area contributed by atoms with Gasteiger partial charge in [-0.3, -0.25) is 9.59 Å². The summed E-state index contributed by atoms with van der Waals surface area (Å²) in [4.78, 5) is 28.3. The van der Waals surface area contributed by atoms with Gasteiger partial charge in [-0.15, -0.1) is 11.3 Å². The fourth-order valence-electron chi connectivity index (χ4n) is 3.21. The summed E-state index contributed by atoms with van der Waals surface area (Å²) in [5, 5.41) is 12.0. The minimum atomic E-state index is -0.391. The second-order valence-corrected chi connectivity index (χ2v) is 8.65. The van der Waals surface area contributed by atoms with Gasteiger partial charge in [0.2, 0.25) is 0 Å². The van der Waals surface area contributed by atoms with Crippen LogP contribution in [0.2, 0.25) is 0 Å². The molecular weight excluding hydrogens is 476 g/mol. The Bertz CT molecular complexity index is 1300. The molecule has 0 spiro atoms. The first kappa shape index (κ1) is 20.9. The van der Waals surface area contributed by atoms with Crippen LogP contribution in [-0.2, 0) is 16.0 Å². The molecule has 0 saturated heterocycles. The molecule has 7 heteroatoms. The van der Waals surface area contributed by atoms with Crippen molar-refractivity contribution in [3.8, 4) is 11.8 Å². The normalized spacial score (nSPS) is 13.3. The second kappa shape index (κ2) is 8.80. The molecule has 0 amide bonds. The maximum absolute atomic E-state index is 12.7. The molecule has 31 heavy (non-hydrogen) atoms. The lowest BCUT2D eigenvalue weighted by Gasteiger charge is -2.14. The third kappa shape index (κ3) is 4.71. The van der Waals surface area contributed by atoms with E-state index in [1.807, 2.05) is 24.3 Å². The predicted octanol–water partition coefficient (Wildman–Crippen LogP) is 5.56. The van der Waals surface area contributed by atoms with Crippen molar-refractivity contribution in [3.63, 3.8) is 0 Å². The lowest BCUT2D eigenvalue weighted by molar-refractivity contribution is -0.131. The number of fused-ring (bicyclic) bond motifs is 1. The van der Waals surface area contributed by atoms with Gasteiger partial charge in [0.05, 0.1) is 11.3 Å². The van der Waals surface area contributed by atoms with Gasteiger partial charge < -0.3 is 4.74 Å². The largest absolute Gasteiger partial charge is 0.427 e. The summed E-state index contributed by atoms with van der Waals surface area (Å²) in [6, 6.07) is 14.9. The van der Waals surface area contributed by atoms with Gasteiger partial charge in [0.1, 0.15) is 16.8 Å². The Kier molecular flexibility index (Phi) is 5.94. The van der Waals surface area contributed by atoms with E-state index in [9.17, 15) is 14.9 Å². The van der Waals surface area contributed by atoms with Crippen LogP contribution in [0.1, 0.15) is 34.3 Å².